The summed E-state index contributed by atoms with van der Waals surface area (Å²) < 4.78 is 17.7. The quantitative estimate of drug-likeness (QED) is 0.0888. The van der Waals surface area contributed by atoms with Crippen molar-refractivity contribution in [2.45, 2.75) is 111 Å². The number of rotatable bonds is 13. The van der Waals surface area contributed by atoms with Gasteiger partial charge in [-0.1, -0.05) is 0 Å². The van der Waals surface area contributed by atoms with E-state index in [2.05, 4.69) is 16.0 Å². The second-order valence-corrected chi connectivity index (χ2v) is 12.3. The van der Waals surface area contributed by atoms with Gasteiger partial charge in [-0.15, -0.1) is 0 Å². The van der Waals surface area contributed by atoms with Crippen molar-refractivity contribution in [1.82, 2.24) is 16.0 Å². The number of carbonyl (C=O) groups excluding carboxylic acids is 1. The molecule has 3 rings (SSSR count). The van der Waals surface area contributed by atoms with Gasteiger partial charge in [0.1, 0.15) is 42.2 Å². The lowest BCUT2D eigenvalue weighted by Crippen LogP contribution is -2.71. The van der Waals surface area contributed by atoms with Crippen LogP contribution in [0.4, 0.5) is 0 Å². The van der Waals surface area contributed by atoms with Gasteiger partial charge < -0.3 is 88.2 Å². The topological polar surface area (TPSA) is 321 Å². The fourth-order valence-electron chi connectivity index (χ4n) is 6.28. The third kappa shape index (κ3) is 8.40. The lowest BCUT2D eigenvalue weighted by Gasteiger charge is -2.52. The number of ether oxygens (including phenoxy) is 3. The van der Waals surface area contributed by atoms with Gasteiger partial charge in [-0.2, -0.15) is 0 Å². The lowest BCUT2D eigenvalue weighted by atomic mass is 9.72. The first kappa shape index (κ1) is 37.3. The molecular weight excluding hydrogens is 588 g/mol. The summed E-state index contributed by atoms with van der Waals surface area (Å²) in [6, 6.07) is -3.49. The highest BCUT2D eigenvalue weighted by Crippen LogP contribution is 2.37. The van der Waals surface area contributed by atoms with E-state index >= 15 is 0 Å². The SMILES string of the molecule is CNC1C(O)C(OC2C(NC(=O)C(O)CCN)CC(N)C(C3OC(CNCC(N)CO)C(O)C(O)C3O)C2O)OCC1(C)O. The van der Waals surface area contributed by atoms with Crippen molar-refractivity contribution in [3.63, 3.8) is 0 Å². The predicted molar refractivity (Wildman–Crippen MR) is 152 cm³/mol. The Labute approximate surface area is 255 Å². The van der Waals surface area contributed by atoms with Gasteiger partial charge in [0.15, 0.2) is 6.29 Å². The van der Waals surface area contributed by atoms with Crippen LogP contribution in [0.5, 0.6) is 0 Å². The molecule has 0 aromatic heterocycles. The summed E-state index contributed by atoms with van der Waals surface area (Å²) in [6.45, 7) is 1.09. The van der Waals surface area contributed by atoms with Crippen molar-refractivity contribution < 1.29 is 59.9 Å². The number of hydrogen-bond donors (Lipinski definition) is 14. The molecule has 2 aliphatic heterocycles. The van der Waals surface area contributed by atoms with Crippen molar-refractivity contribution in [3.8, 4) is 0 Å². The maximum absolute atomic E-state index is 12.8. The Bertz CT molecular complexity index is 910. The van der Waals surface area contributed by atoms with Crippen LogP contribution in [0.15, 0.2) is 0 Å². The monoisotopic (exact) mass is 640 g/mol. The number of hydrogen-bond acceptors (Lipinski definition) is 17. The molecule has 0 aromatic rings. The Hall–Kier alpha value is -1.17. The number of nitrogens with one attached hydrogen (secondary N) is 3. The van der Waals surface area contributed by atoms with Crippen molar-refractivity contribution in [1.29, 1.82) is 0 Å². The fraction of sp³-hybridized carbons (Fsp3) is 0.962. The van der Waals surface area contributed by atoms with Crippen LogP contribution in [0, 0.1) is 5.92 Å². The van der Waals surface area contributed by atoms with Crippen LogP contribution in [0.25, 0.3) is 0 Å². The molecule has 16 atom stereocenters. The summed E-state index contributed by atoms with van der Waals surface area (Å²) in [4.78, 5) is 12.8. The zero-order valence-corrected chi connectivity index (χ0v) is 25.1. The predicted octanol–water partition coefficient (Wildman–Crippen LogP) is -7.91. The molecule has 1 aliphatic carbocycles. The Morgan fingerprint density at radius 2 is 1.80 bits per heavy atom. The highest BCUT2D eigenvalue weighted by molar-refractivity contribution is 5.80. The average Bonchev–Trinajstić information content (AvgIpc) is 2.96. The minimum absolute atomic E-state index is 0.0295. The minimum Gasteiger partial charge on any atom is -0.395 e. The molecule has 18 heteroatoms. The summed E-state index contributed by atoms with van der Waals surface area (Å²) in [7, 11) is 1.53. The molecule has 3 aliphatic rings. The van der Waals surface area contributed by atoms with Gasteiger partial charge in [-0.3, -0.25) is 4.79 Å². The van der Waals surface area contributed by atoms with E-state index in [9.17, 15) is 40.5 Å². The highest BCUT2D eigenvalue weighted by Gasteiger charge is 2.56. The van der Waals surface area contributed by atoms with Crippen LogP contribution in [-0.2, 0) is 19.0 Å². The largest absolute Gasteiger partial charge is 0.395 e. The number of aliphatic hydroxyl groups excluding tert-OH is 7. The summed E-state index contributed by atoms with van der Waals surface area (Å²) in [6.07, 6.45) is -14.6. The molecule has 18 nitrogen and oxygen atoms in total. The van der Waals surface area contributed by atoms with Gasteiger partial charge in [0.05, 0.1) is 43.6 Å². The first-order valence-corrected chi connectivity index (χ1v) is 14.9. The lowest BCUT2D eigenvalue weighted by molar-refractivity contribution is -0.303. The summed E-state index contributed by atoms with van der Waals surface area (Å²) >= 11 is 0. The zero-order chi connectivity index (χ0) is 32.9. The van der Waals surface area contributed by atoms with E-state index in [0.29, 0.717) is 0 Å². The van der Waals surface area contributed by atoms with E-state index in [-0.39, 0.29) is 45.7 Å². The Balaban J connectivity index is 1.87. The summed E-state index contributed by atoms with van der Waals surface area (Å²) in [5, 5.41) is 93.3. The number of carbonyl (C=O) groups is 1. The van der Waals surface area contributed by atoms with Crippen LogP contribution in [0.3, 0.4) is 0 Å². The van der Waals surface area contributed by atoms with Gasteiger partial charge in [0.25, 0.3) is 0 Å². The van der Waals surface area contributed by atoms with E-state index in [1.54, 1.807) is 0 Å². The first-order valence-electron chi connectivity index (χ1n) is 14.9. The molecule has 16 unspecified atom stereocenters. The van der Waals surface area contributed by atoms with Crippen molar-refractivity contribution >= 4 is 5.91 Å². The molecular formula is C26H52N6O12. The van der Waals surface area contributed by atoms with Crippen LogP contribution < -0.4 is 33.2 Å². The van der Waals surface area contributed by atoms with Crippen molar-refractivity contribution in [2.75, 3.05) is 39.9 Å². The molecule has 0 radical (unpaired) electrons. The average molecular weight is 641 g/mol. The molecule has 1 amide bonds. The van der Waals surface area contributed by atoms with Gasteiger partial charge in [-0.25, -0.2) is 0 Å². The van der Waals surface area contributed by atoms with Gasteiger partial charge in [0.2, 0.25) is 5.91 Å². The molecule has 258 valence electrons. The van der Waals surface area contributed by atoms with Crippen LogP contribution in [0.1, 0.15) is 19.8 Å². The maximum Gasteiger partial charge on any atom is 0.249 e. The van der Waals surface area contributed by atoms with E-state index in [4.69, 9.17) is 36.5 Å². The second kappa shape index (κ2) is 16.1. The molecule has 0 spiro atoms. The summed E-state index contributed by atoms with van der Waals surface area (Å²) in [5.74, 6) is -1.93. The zero-order valence-electron chi connectivity index (χ0n) is 25.1. The molecule has 0 aromatic carbocycles. The Kier molecular flexibility index (Phi) is 13.6. The van der Waals surface area contributed by atoms with E-state index in [1.807, 2.05) is 0 Å². The van der Waals surface area contributed by atoms with E-state index in [0.717, 1.165) is 0 Å². The highest BCUT2D eigenvalue weighted by atomic mass is 16.7. The molecule has 0 bridgehead atoms. The Morgan fingerprint density at radius 3 is 2.41 bits per heavy atom. The van der Waals surface area contributed by atoms with Gasteiger partial charge >= 0.3 is 0 Å². The Morgan fingerprint density at radius 1 is 1.11 bits per heavy atom. The van der Waals surface area contributed by atoms with Crippen LogP contribution in [0.2, 0.25) is 0 Å². The van der Waals surface area contributed by atoms with E-state index in [1.165, 1.54) is 14.0 Å². The number of aliphatic hydroxyl groups is 8. The minimum atomic E-state index is -1.69. The van der Waals surface area contributed by atoms with Crippen LogP contribution in [-0.4, -0.2) is 178 Å². The van der Waals surface area contributed by atoms with Crippen molar-refractivity contribution in [3.05, 3.63) is 0 Å². The second-order valence-electron chi connectivity index (χ2n) is 12.3. The standard InChI is InChI=1S/C26H52N6O12/c1-26(41)9-42-25(20(39)23(26)30-2)44-21-12(32-24(40)13(34)3-4-27)5-11(29)15(17(21)36)22-19(38)18(37)16(35)14(43-22)7-31-6-10(28)8-33/h10-23,25,30-31,33-39,41H,3-9,27-29H2,1-2H3,(H,32,40). The summed E-state index contributed by atoms with van der Waals surface area (Å²) in [5.41, 5.74) is 16.2. The third-order valence-electron chi connectivity index (χ3n) is 8.77. The molecule has 1 saturated carbocycles. The maximum atomic E-state index is 12.8. The molecule has 44 heavy (non-hydrogen) atoms. The first-order chi connectivity index (χ1) is 20.7. The van der Waals surface area contributed by atoms with Crippen molar-refractivity contribution in [2.24, 2.45) is 23.1 Å². The van der Waals surface area contributed by atoms with E-state index < -0.39 is 103 Å². The molecule has 2 heterocycles. The third-order valence-corrected chi connectivity index (χ3v) is 8.77. The normalized spacial score (nSPS) is 44.6. The number of likely N-dealkylation sites (N-methyl/N-ethyl adjacent to an activating group) is 1. The van der Waals surface area contributed by atoms with Gasteiger partial charge in [0, 0.05) is 31.1 Å². The molecule has 17 N–H and O–H groups in total. The smallest absolute Gasteiger partial charge is 0.249 e. The molecule has 3 fully saturated rings. The van der Waals surface area contributed by atoms with Crippen LogP contribution >= 0.6 is 0 Å². The fourth-order valence-corrected chi connectivity index (χ4v) is 6.28. The number of amides is 1. The van der Waals surface area contributed by atoms with Gasteiger partial charge in [-0.05, 0) is 33.4 Å². The molecule has 2 saturated heterocycles. The number of nitrogens with two attached hydrogens (primary N) is 3.